The van der Waals surface area contributed by atoms with Crippen LogP contribution in [0.2, 0.25) is 0 Å². The van der Waals surface area contributed by atoms with Gasteiger partial charge in [0.1, 0.15) is 18.3 Å². The molecule has 0 radical (unpaired) electrons. The van der Waals surface area contributed by atoms with E-state index in [0.717, 1.165) is 0 Å². The Labute approximate surface area is 155 Å². The number of hydrazine groups is 2. The second kappa shape index (κ2) is 8.80. The van der Waals surface area contributed by atoms with Gasteiger partial charge < -0.3 is 25.5 Å². The number of ether oxygens (including phenoxy) is 1. The molecular formula is C18H22N4O5. The predicted octanol–water partition coefficient (Wildman–Crippen LogP) is -0.446. The van der Waals surface area contributed by atoms with Gasteiger partial charge in [0.05, 0.1) is 5.69 Å². The quantitative estimate of drug-likeness (QED) is 0.338. The predicted molar refractivity (Wildman–Crippen MR) is 98.1 cm³/mol. The molecule has 2 aromatic carbocycles. The molecule has 3 rings (SSSR count). The Morgan fingerprint density at radius 3 is 1.93 bits per heavy atom. The van der Waals surface area contributed by atoms with Crippen molar-refractivity contribution in [2.75, 3.05) is 10.9 Å². The van der Waals surface area contributed by atoms with Gasteiger partial charge in [0.15, 0.2) is 12.3 Å². The van der Waals surface area contributed by atoms with Gasteiger partial charge in [-0.1, -0.05) is 36.4 Å². The molecule has 144 valence electrons. The van der Waals surface area contributed by atoms with Gasteiger partial charge in [-0.25, -0.2) is 5.43 Å². The van der Waals surface area contributed by atoms with Crippen LogP contribution in [0.15, 0.2) is 60.7 Å². The highest BCUT2D eigenvalue weighted by Gasteiger charge is 2.46. The molecule has 1 fully saturated rings. The maximum Gasteiger partial charge on any atom is 0.270 e. The van der Waals surface area contributed by atoms with Crippen LogP contribution in [-0.2, 0) is 9.53 Å². The van der Waals surface area contributed by atoms with E-state index < -0.39 is 36.6 Å². The Morgan fingerprint density at radius 1 is 0.778 bits per heavy atom. The van der Waals surface area contributed by atoms with Crippen LogP contribution in [0, 0.1) is 0 Å². The van der Waals surface area contributed by atoms with E-state index in [9.17, 15) is 20.1 Å². The Morgan fingerprint density at radius 2 is 1.33 bits per heavy atom. The molecule has 1 saturated heterocycles. The Bertz CT molecular complexity index is 733. The molecule has 9 heteroatoms. The number of anilines is 2. The monoisotopic (exact) mass is 374 g/mol. The molecule has 27 heavy (non-hydrogen) atoms. The van der Waals surface area contributed by atoms with Crippen LogP contribution < -0.4 is 21.7 Å². The zero-order valence-corrected chi connectivity index (χ0v) is 14.3. The molecule has 9 nitrogen and oxygen atoms in total. The smallest absolute Gasteiger partial charge is 0.270 e. The van der Waals surface area contributed by atoms with Crippen LogP contribution in [0.4, 0.5) is 11.4 Å². The van der Waals surface area contributed by atoms with Gasteiger partial charge in [0, 0.05) is 5.69 Å². The van der Waals surface area contributed by atoms with Crippen molar-refractivity contribution in [3.63, 3.8) is 0 Å². The number of para-hydroxylation sites is 2. The third kappa shape index (κ3) is 4.73. The van der Waals surface area contributed by atoms with Crippen molar-refractivity contribution in [3.8, 4) is 0 Å². The molecule has 0 bridgehead atoms. The van der Waals surface area contributed by atoms with Crippen molar-refractivity contribution in [1.29, 1.82) is 0 Å². The van der Waals surface area contributed by atoms with Crippen LogP contribution in [0.25, 0.3) is 0 Å². The molecule has 1 amide bonds. The Kier molecular flexibility index (Phi) is 6.22. The van der Waals surface area contributed by atoms with E-state index in [2.05, 4.69) is 21.7 Å². The molecule has 1 aliphatic rings. The lowest BCUT2D eigenvalue weighted by Gasteiger charge is -2.40. The standard InChI is InChI=1S/C18H22N4O5/c23-13-14(24)16(17(26)21-19-11-7-3-1-4-8-11)27-18(15(13)25)22-20-12-9-5-2-6-10-12/h1-10,13-16,18-20,22-25H,(H,21,26)/t13-,14-,15-,16-,18-/m0/s1. The molecule has 0 aromatic heterocycles. The number of rotatable bonds is 6. The summed E-state index contributed by atoms with van der Waals surface area (Å²) in [5, 5.41) is 30.3. The molecular weight excluding hydrogens is 352 g/mol. The van der Waals surface area contributed by atoms with Crippen molar-refractivity contribution in [3.05, 3.63) is 60.7 Å². The number of carbonyl (C=O) groups is 1. The SMILES string of the molecule is O=C(NNc1ccccc1)[C@H]1O[C@H](NNc2ccccc2)[C@@H](O)[C@@H](O)[C@@H]1O. The van der Waals surface area contributed by atoms with Crippen LogP contribution in [0.5, 0.6) is 0 Å². The van der Waals surface area contributed by atoms with Crippen molar-refractivity contribution >= 4 is 17.3 Å². The zero-order valence-electron chi connectivity index (χ0n) is 14.3. The maximum atomic E-state index is 12.4. The first-order valence-electron chi connectivity index (χ1n) is 8.43. The number of amides is 1. The maximum absolute atomic E-state index is 12.4. The highest BCUT2D eigenvalue weighted by molar-refractivity contribution is 5.82. The summed E-state index contributed by atoms with van der Waals surface area (Å²) in [7, 11) is 0. The summed E-state index contributed by atoms with van der Waals surface area (Å²) in [6, 6.07) is 17.9. The number of hydrogen-bond acceptors (Lipinski definition) is 8. The summed E-state index contributed by atoms with van der Waals surface area (Å²) in [6.07, 6.45) is -7.12. The van der Waals surface area contributed by atoms with E-state index >= 15 is 0 Å². The van der Waals surface area contributed by atoms with Gasteiger partial charge in [-0.2, -0.15) is 0 Å². The first-order valence-corrected chi connectivity index (χ1v) is 8.43. The van der Waals surface area contributed by atoms with Gasteiger partial charge in [0.25, 0.3) is 5.91 Å². The lowest BCUT2D eigenvalue weighted by Crippen LogP contribution is -2.65. The highest BCUT2D eigenvalue weighted by atomic mass is 16.6. The average Bonchev–Trinajstić information content (AvgIpc) is 2.71. The van der Waals surface area contributed by atoms with Gasteiger partial charge in [-0.05, 0) is 24.3 Å². The number of aliphatic hydroxyl groups excluding tert-OH is 3. The Balaban J connectivity index is 1.60. The average molecular weight is 374 g/mol. The normalized spacial score (nSPS) is 27.6. The van der Waals surface area contributed by atoms with Gasteiger partial charge in [-0.3, -0.25) is 15.6 Å². The molecule has 1 aliphatic heterocycles. The minimum atomic E-state index is -1.59. The zero-order chi connectivity index (χ0) is 19.2. The molecule has 1 heterocycles. The molecule has 5 atom stereocenters. The van der Waals surface area contributed by atoms with Crippen molar-refractivity contribution in [2.24, 2.45) is 0 Å². The third-order valence-electron chi connectivity index (χ3n) is 4.11. The van der Waals surface area contributed by atoms with Crippen LogP contribution in [0.3, 0.4) is 0 Å². The topological polar surface area (TPSA) is 135 Å². The first kappa shape index (κ1) is 19.1. The number of nitrogens with one attached hydrogen (secondary N) is 4. The van der Waals surface area contributed by atoms with E-state index in [1.54, 1.807) is 36.4 Å². The summed E-state index contributed by atoms with van der Waals surface area (Å²) in [4.78, 5) is 12.4. The first-order chi connectivity index (χ1) is 13.1. The second-order valence-electron chi connectivity index (χ2n) is 6.06. The number of hydrogen-bond donors (Lipinski definition) is 7. The highest BCUT2D eigenvalue weighted by Crippen LogP contribution is 2.20. The fraction of sp³-hybridized carbons (Fsp3) is 0.278. The molecule has 0 spiro atoms. The fourth-order valence-corrected chi connectivity index (χ4v) is 2.62. The number of carbonyl (C=O) groups excluding carboxylic acids is 1. The van der Waals surface area contributed by atoms with Gasteiger partial charge in [-0.15, -0.1) is 0 Å². The van der Waals surface area contributed by atoms with E-state index in [1.165, 1.54) is 0 Å². The summed E-state index contributed by atoms with van der Waals surface area (Å²) in [5.41, 5.74) is 12.0. The van der Waals surface area contributed by atoms with E-state index in [0.29, 0.717) is 11.4 Å². The minimum Gasteiger partial charge on any atom is -0.387 e. The van der Waals surface area contributed by atoms with Crippen LogP contribution in [0.1, 0.15) is 0 Å². The summed E-state index contributed by atoms with van der Waals surface area (Å²) >= 11 is 0. The van der Waals surface area contributed by atoms with E-state index in [4.69, 9.17) is 4.74 Å². The summed E-state index contributed by atoms with van der Waals surface area (Å²) in [6.45, 7) is 0. The van der Waals surface area contributed by atoms with Crippen molar-refractivity contribution in [1.82, 2.24) is 10.9 Å². The third-order valence-corrected chi connectivity index (χ3v) is 4.11. The molecule has 0 saturated carbocycles. The second-order valence-corrected chi connectivity index (χ2v) is 6.06. The largest absolute Gasteiger partial charge is 0.387 e. The fourth-order valence-electron chi connectivity index (χ4n) is 2.62. The lowest BCUT2D eigenvalue weighted by molar-refractivity contribution is -0.225. The minimum absolute atomic E-state index is 0.636. The molecule has 0 unspecified atom stereocenters. The molecule has 2 aromatic rings. The molecule has 7 N–H and O–H groups in total. The Hall–Kier alpha value is -2.69. The van der Waals surface area contributed by atoms with E-state index in [-0.39, 0.29) is 0 Å². The van der Waals surface area contributed by atoms with Gasteiger partial charge in [0.2, 0.25) is 0 Å². The molecule has 0 aliphatic carbocycles. The van der Waals surface area contributed by atoms with Crippen molar-refractivity contribution < 1.29 is 24.9 Å². The van der Waals surface area contributed by atoms with Crippen LogP contribution in [-0.4, -0.2) is 51.9 Å². The van der Waals surface area contributed by atoms with Crippen molar-refractivity contribution in [2.45, 2.75) is 30.6 Å². The number of benzene rings is 2. The van der Waals surface area contributed by atoms with E-state index in [1.807, 2.05) is 24.3 Å². The van der Waals surface area contributed by atoms with Gasteiger partial charge >= 0.3 is 0 Å². The summed E-state index contributed by atoms with van der Waals surface area (Å²) in [5.74, 6) is -0.691. The summed E-state index contributed by atoms with van der Waals surface area (Å²) < 4.78 is 5.47. The lowest BCUT2D eigenvalue weighted by atomic mass is 9.98. The van der Waals surface area contributed by atoms with Crippen LogP contribution >= 0.6 is 0 Å². The number of aliphatic hydroxyl groups is 3.